The summed E-state index contributed by atoms with van der Waals surface area (Å²) >= 11 is 0. The Bertz CT molecular complexity index is 661. The first-order valence-corrected chi connectivity index (χ1v) is 9.74. The fraction of sp³-hybridized carbons (Fsp3) is 0.600. The maximum Gasteiger partial charge on any atom is 0.225 e. The van der Waals surface area contributed by atoms with Crippen LogP contribution < -0.4 is 10.0 Å². The van der Waals surface area contributed by atoms with E-state index in [1.807, 2.05) is 23.2 Å². The van der Waals surface area contributed by atoms with E-state index in [1.165, 1.54) is 0 Å². The first-order valence-electron chi connectivity index (χ1n) is 7.85. The van der Waals surface area contributed by atoms with Gasteiger partial charge in [-0.2, -0.15) is 0 Å². The Morgan fingerprint density at radius 1 is 1.35 bits per heavy atom. The van der Waals surface area contributed by atoms with Gasteiger partial charge in [0.2, 0.25) is 15.9 Å². The predicted molar refractivity (Wildman–Crippen MR) is 86.1 cm³/mol. The van der Waals surface area contributed by atoms with Crippen molar-refractivity contribution in [1.82, 2.24) is 19.9 Å². The minimum atomic E-state index is -3.19. The van der Waals surface area contributed by atoms with Crippen LogP contribution in [0.5, 0.6) is 0 Å². The molecule has 2 heterocycles. The molecule has 0 unspecified atom stereocenters. The van der Waals surface area contributed by atoms with Crippen LogP contribution in [-0.4, -0.2) is 55.6 Å². The highest BCUT2D eigenvalue weighted by Gasteiger charge is 2.46. The summed E-state index contributed by atoms with van der Waals surface area (Å²) in [7, 11) is -3.19. The highest BCUT2D eigenvalue weighted by Crippen LogP contribution is 2.41. The van der Waals surface area contributed by atoms with Crippen molar-refractivity contribution in [1.29, 1.82) is 0 Å². The molecule has 2 fully saturated rings. The molecule has 3 rings (SSSR count). The van der Waals surface area contributed by atoms with E-state index in [-0.39, 0.29) is 18.0 Å². The average molecular weight is 338 g/mol. The van der Waals surface area contributed by atoms with Crippen molar-refractivity contribution < 1.29 is 13.2 Å². The van der Waals surface area contributed by atoms with Crippen LogP contribution >= 0.6 is 0 Å². The minimum Gasteiger partial charge on any atom is -0.331 e. The predicted octanol–water partition coefficient (Wildman–Crippen LogP) is 0.0248. The van der Waals surface area contributed by atoms with Gasteiger partial charge in [-0.25, -0.2) is 13.1 Å². The Balaban J connectivity index is 1.69. The van der Waals surface area contributed by atoms with E-state index in [1.54, 1.807) is 6.20 Å². The van der Waals surface area contributed by atoms with Gasteiger partial charge in [-0.1, -0.05) is 6.07 Å². The standard InChI is InChI=1S/C15H22N4O3S/c1-23(21,22)18-8-7-17-13-9-14(20)19(12-4-5-12)15(13)11-3-2-6-16-10-11/h2-3,6,10,12-13,15,17-18H,4-5,7-9H2,1H3/t13-,15+/m1/s1. The third kappa shape index (κ3) is 4.07. The number of hydrogen-bond donors (Lipinski definition) is 2. The number of sulfonamides is 1. The maximum atomic E-state index is 12.4. The van der Waals surface area contributed by atoms with Crippen LogP contribution in [-0.2, 0) is 14.8 Å². The first-order chi connectivity index (χ1) is 11.0. The van der Waals surface area contributed by atoms with E-state index >= 15 is 0 Å². The lowest BCUT2D eigenvalue weighted by atomic mass is 10.0. The molecule has 8 heteroatoms. The Morgan fingerprint density at radius 2 is 2.13 bits per heavy atom. The van der Waals surface area contributed by atoms with Crippen LogP contribution in [0.15, 0.2) is 24.5 Å². The molecular formula is C15H22N4O3S. The summed E-state index contributed by atoms with van der Waals surface area (Å²) in [4.78, 5) is 18.6. The van der Waals surface area contributed by atoms with E-state index in [4.69, 9.17) is 0 Å². The zero-order chi connectivity index (χ0) is 16.4. The van der Waals surface area contributed by atoms with Crippen molar-refractivity contribution in [3.05, 3.63) is 30.1 Å². The Hall–Kier alpha value is -1.51. The summed E-state index contributed by atoms with van der Waals surface area (Å²) < 4.78 is 24.7. The number of aromatic nitrogens is 1. The third-order valence-electron chi connectivity index (χ3n) is 4.23. The molecule has 0 spiro atoms. The molecule has 1 aromatic rings. The van der Waals surface area contributed by atoms with Crippen LogP contribution in [0.25, 0.3) is 0 Å². The van der Waals surface area contributed by atoms with E-state index in [9.17, 15) is 13.2 Å². The summed E-state index contributed by atoms with van der Waals surface area (Å²) in [6, 6.07) is 4.17. The van der Waals surface area contributed by atoms with Gasteiger partial charge >= 0.3 is 0 Å². The van der Waals surface area contributed by atoms with Crippen LogP contribution in [0.3, 0.4) is 0 Å². The van der Waals surface area contributed by atoms with Crippen molar-refractivity contribution in [2.75, 3.05) is 19.3 Å². The van der Waals surface area contributed by atoms with E-state index in [0.717, 1.165) is 24.7 Å². The molecule has 1 aromatic heterocycles. The zero-order valence-corrected chi connectivity index (χ0v) is 13.9. The molecule has 2 N–H and O–H groups in total. The normalized spacial score (nSPS) is 25.1. The SMILES string of the molecule is CS(=O)(=O)NCCN[C@@H]1CC(=O)N(C2CC2)[C@H]1c1cccnc1. The highest BCUT2D eigenvalue weighted by molar-refractivity contribution is 7.88. The third-order valence-corrected chi connectivity index (χ3v) is 4.95. The summed E-state index contributed by atoms with van der Waals surface area (Å²) in [6.07, 6.45) is 7.23. The molecule has 126 valence electrons. The summed E-state index contributed by atoms with van der Waals surface area (Å²) in [5.74, 6) is 0.162. The van der Waals surface area contributed by atoms with Crippen molar-refractivity contribution >= 4 is 15.9 Å². The van der Waals surface area contributed by atoms with Crippen molar-refractivity contribution in [2.24, 2.45) is 0 Å². The number of pyridine rings is 1. The van der Waals surface area contributed by atoms with Gasteiger partial charge in [0.05, 0.1) is 12.3 Å². The second-order valence-corrected chi connectivity index (χ2v) is 8.03. The number of nitrogens with zero attached hydrogens (tertiary/aromatic N) is 2. The Labute approximate surface area is 136 Å². The second-order valence-electron chi connectivity index (χ2n) is 6.19. The summed E-state index contributed by atoms with van der Waals surface area (Å²) in [5.41, 5.74) is 1.03. The number of carbonyl (C=O) groups excluding carboxylic acids is 1. The van der Waals surface area contributed by atoms with E-state index < -0.39 is 10.0 Å². The molecule has 1 aliphatic carbocycles. The van der Waals surface area contributed by atoms with Gasteiger partial charge in [0.15, 0.2) is 0 Å². The average Bonchev–Trinajstić information content (AvgIpc) is 3.27. The van der Waals surface area contributed by atoms with Crippen LogP contribution in [0.2, 0.25) is 0 Å². The molecule has 1 aliphatic heterocycles. The number of carbonyl (C=O) groups is 1. The number of likely N-dealkylation sites (tertiary alicyclic amines) is 1. The quantitative estimate of drug-likeness (QED) is 0.684. The van der Waals surface area contributed by atoms with Crippen LogP contribution in [0.1, 0.15) is 30.9 Å². The van der Waals surface area contributed by atoms with E-state index in [2.05, 4.69) is 15.0 Å². The molecule has 0 bridgehead atoms. The number of rotatable bonds is 7. The summed E-state index contributed by atoms with van der Waals surface area (Å²) in [5, 5.41) is 3.33. The van der Waals surface area contributed by atoms with Crippen LogP contribution in [0, 0.1) is 0 Å². The van der Waals surface area contributed by atoms with Crippen molar-refractivity contribution in [3.8, 4) is 0 Å². The molecule has 2 aliphatic rings. The zero-order valence-electron chi connectivity index (χ0n) is 13.1. The maximum absolute atomic E-state index is 12.4. The van der Waals surface area contributed by atoms with Gasteiger partial charge in [0.25, 0.3) is 0 Å². The second kappa shape index (κ2) is 6.54. The molecule has 2 atom stereocenters. The largest absolute Gasteiger partial charge is 0.331 e. The molecule has 7 nitrogen and oxygen atoms in total. The Morgan fingerprint density at radius 3 is 2.74 bits per heavy atom. The molecule has 0 radical (unpaired) electrons. The fourth-order valence-electron chi connectivity index (χ4n) is 3.16. The fourth-order valence-corrected chi connectivity index (χ4v) is 3.63. The van der Waals surface area contributed by atoms with Gasteiger partial charge in [-0.05, 0) is 24.5 Å². The van der Waals surface area contributed by atoms with Crippen molar-refractivity contribution in [2.45, 2.75) is 37.4 Å². The van der Waals surface area contributed by atoms with Gasteiger partial charge in [-0.3, -0.25) is 9.78 Å². The van der Waals surface area contributed by atoms with Gasteiger partial charge in [0, 0.05) is 44.0 Å². The monoisotopic (exact) mass is 338 g/mol. The highest BCUT2D eigenvalue weighted by atomic mass is 32.2. The molecule has 1 amide bonds. The molecule has 0 aromatic carbocycles. The number of hydrogen-bond acceptors (Lipinski definition) is 5. The topological polar surface area (TPSA) is 91.4 Å². The van der Waals surface area contributed by atoms with Gasteiger partial charge in [0.1, 0.15) is 0 Å². The molecular weight excluding hydrogens is 316 g/mol. The minimum absolute atomic E-state index is 0.0198. The lowest BCUT2D eigenvalue weighted by molar-refractivity contribution is -0.129. The first kappa shape index (κ1) is 16.4. The lowest BCUT2D eigenvalue weighted by Gasteiger charge is -2.29. The molecule has 1 saturated heterocycles. The Kier molecular flexibility index (Phi) is 4.65. The number of nitrogens with one attached hydrogen (secondary N) is 2. The van der Waals surface area contributed by atoms with Crippen molar-refractivity contribution in [3.63, 3.8) is 0 Å². The summed E-state index contributed by atoms with van der Waals surface area (Å²) in [6.45, 7) is 0.799. The van der Waals surface area contributed by atoms with Gasteiger partial charge in [-0.15, -0.1) is 0 Å². The smallest absolute Gasteiger partial charge is 0.225 e. The molecule has 1 saturated carbocycles. The van der Waals surface area contributed by atoms with Crippen LogP contribution in [0.4, 0.5) is 0 Å². The molecule has 23 heavy (non-hydrogen) atoms. The number of amides is 1. The van der Waals surface area contributed by atoms with E-state index in [0.29, 0.717) is 25.6 Å². The van der Waals surface area contributed by atoms with Gasteiger partial charge < -0.3 is 10.2 Å². The lowest BCUT2D eigenvalue weighted by Crippen LogP contribution is -2.40.